The molecule has 5 rings (SSSR count). The number of aryl methyl sites for hydroxylation is 1. The number of rotatable bonds is 2. The zero-order chi connectivity index (χ0) is 12.3. The zero-order valence-electron chi connectivity index (χ0n) is 11.0. The molecule has 1 heterocycles. The topological polar surface area (TPSA) is 38.0 Å². The summed E-state index contributed by atoms with van der Waals surface area (Å²) in [6.45, 7) is 0. The molecule has 4 bridgehead atoms. The third-order valence-corrected chi connectivity index (χ3v) is 5.91. The lowest BCUT2D eigenvalue weighted by Crippen LogP contribution is -2.58. The van der Waals surface area contributed by atoms with Crippen molar-refractivity contribution in [3.05, 3.63) is 18.2 Å². The van der Waals surface area contributed by atoms with Crippen LogP contribution in [0.1, 0.15) is 37.9 Å². The molecule has 4 fully saturated rings. The van der Waals surface area contributed by atoms with Crippen LogP contribution in [0.15, 0.2) is 12.4 Å². The predicted octanol–water partition coefficient (Wildman–Crippen LogP) is 2.15. The highest BCUT2D eigenvalue weighted by Crippen LogP contribution is 2.58. The van der Waals surface area contributed by atoms with Crippen LogP contribution in [0.5, 0.6) is 0 Å². The molecule has 18 heavy (non-hydrogen) atoms. The first-order valence-electron chi connectivity index (χ1n) is 7.33. The molecular formula is C15H22N2O. The molecule has 3 nitrogen and oxygen atoms in total. The molecule has 0 amide bonds. The Morgan fingerprint density at radius 2 is 1.83 bits per heavy atom. The Labute approximate surface area is 108 Å². The second-order valence-corrected chi connectivity index (χ2v) is 6.93. The lowest BCUT2D eigenvalue weighted by atomic mass is 9.49. The largest absolute Gasteiger partial charge is 0.389 e. The molecule has 98 valence electrons. The maximum atomic E-state index is 11.2. The van der Waals surface area contributed by atoms with Gasteiger partial charge in [0, 0.05) is 25.9 Å². The van der Waals surface area contributed by atoms with Crippen LogP contribution in [-0.4, -0.2) is 20.3 Å². The Morgan fingerprint density at radius 3 is 2.33 bits per heavy atom. The van der Waals surface area contributed by atoms with Gasteiger partial charge in [0.2, 0.25) is 0 Å². The maximum Gasteiger partial charge on any atom is 0.111 e. The van der Waals surface area contributed by atoms with Crippen molar-refractivity contribution in [1.82, 2.24) is 9.55 Å². The van der Waals surface area contributed by atoms with Crippen LogP contribution in [-0.2, 0) is 13.5 Å². The molecule has 0 saturated heterocycles. The summed E-state index contributed by atoms with van der Waals surface area (Å²) in [4.78, 5) is 4.42. The zero-order valence-corrected chi connectivity index (χ0v) is 11.0. The van der Waals surface area contributed by atoms with E-state index in [1.54, 1.807) is 0 Å². The molecule has 1 aromatic heterocycles. The lowest BCUT2D eigenvalue weighted by Gasteiger charge is -2.59. The SMILES string of the molecule is Cn1ccnc1CC1(O)C2CC3CC(C2)CC1C3. The van der Waals surface area contributed by atoms with E-state index in [4.69, 9.17) is 0 Å². The molecule has 0 aromatic carbocycles. The minimum atomic E-state index is -0.466. The van der Waals surface area contributed by atoms with Crippen molar-refractivity contribution in [2.45, 2.75) is 44.1 Å². The van der Waals surface area contributed by atoms with Gasteiger partial charge in [0.05, 0.1) is 5.60 Å². The Balaban J connectivity index is 1.65. The highest BCUT2D eigenvalue weighted by Gasteiger charge is 2.56. The van der Waals surface area contributed by atoms with Crippen molar-refractivity contribution in [3.63, 3.8) is 0 Å². The van der Waals surface area contributed by atoms with E-state index in [-0.39, 0.29) is 0 Å². The number of hydrogen-bond donors (Lipinski definition) is 1. The van der Waals surface area contributed by atoms with Gasteiger partial charge in [-0.2, -0.15) is 0 Å². The van der Waals surface area contributed by atoms with Crippen LogP contribution in [0, 0.1) is 23.7 Å². The second kappa shape index (κ2) is 3.60. The number of hydrogen-bond acceptors (Lipinski definition) is 2. The van der Waals surface area contributed by atoms with Crippen molar-refractivity contribution >= 4 is 0 Å². The van der Waals surface area contributed by atoms with Crippen LogP contribution < -0.4 is 0 Å². The van der Waals surface area contributed by atoms with E-state index in [1.807, 2.05) is 19.4 Å². The van der Waals surface area contributed by atoms with E-state index in [2.05, 4.69) is 9.55 Å². The van der Waals surface area contributed by atoms with Crippen molar-refractivity contribution < 1.29 is 5.11 Å². The molecule has 4 saturated carbocycles. The second-order valence-electron chi connectivity index (χ2n) is 6.93. The molecule has 0 spiro atoms. The lowest BCUT2D eigenvalue weighted by molar-refractivity contribution is -0.172. The summed E-state index contributed by atoms with van der Waals surface area (Å²) in [5, 5.41) is 11.2. The van der Waals surface area contributed by atoms with Crippen molar-refractivity contribution in [2.75, 3.05) is 0 Å². The molecule has 0 unspecified atom stereocenters. The fourth-order valence-corrected chi connectivity index (χ4v) is 5.11. The van der Waals surface area contributed by atoms with E-state index in [0.29, 0.717) is 11.8 Å². The molecule has 4 aliphatic rings. The summed E-state index contributed by atoms with van der Waals surface area (Å²) < 4.78 is 2.06. The van der Waals surface area contributed by atoms with Gasteiger partial charge in [-0.3, -0.25) is 0 Å². The van der Waals surface area contributed by atoms with E-state index in [1.165, 1.54) is 32.1 Å². The normalized spacial score (nSPS) is 45.7. The van der Waals surface area contributed by atoms with Gasteiger partial charge in [-0.25, -0.2) is 4.98 Å². The maximum absolute atomic E-state index is 11.2. The van der Waals surface area contributed by atoms with Crippen molar-refractivity contribution in [2.24, 2.45) is 30.7 Å². The summed E-state index contributed by atoms with van der Waals surface area (Å²) in [6.07, 6.45) is 11.0. The number of imidazole rings is 1. The summed E-state index contributed by atoms with van der Waals surface area (Å²) in [7, 11) is 2.03. The van der Waals surface area contributed by atoms with E-state index < -0.39 is 5.60 Å². The third kappa shape index (κ3) is 1.43. The quantitative estimate of drug-likeness (QED) is 0.868. The Hall–Kier alpha value is -0.830. The van der Waals surface area contributed by atoms with Gasteiger partial charge >= 0.3 is 0 Å². The van der Waals surface area contributed by atoms with Gasteiger partial charge in [-0.05, 0) is 55.8 Å². The summed E-state index contributed by atoms with van der Waals surface area (Å²) in [5.41, 5.74) is -0.466. The number of nitrogens with zero attached hydrogens (tertiary/aromatic N) is 2. The molecular weight excluding hydrogens is 224 g/mol. The highest BCUT2D eigenvalue weighted by molar-refractivity contribution is 5.11. The highest BCUT2D eigenvalue weighted by atomic mass is 16.3. The van der Waals surface area contributed by atoms with Gasteiger partial charge in [-0.1, -0.05) is 0 Å². The molecule has 1 aromatic rings. The number of aromatic nitrogens is 2. The Bertz CT molecular complexity index is 437. The summed E-state index contributed by atoms with van der Waals surface area (Å²) in [6, 6.07) is 0. The monoisotopic (exact) mass is 246 g/mol. The smallest absolute Gasteiger partial charge is 0.111 e. The van der Waals surface area contributed by atoms with Crippen LogP contribution >= 0.6 is 0 Å². The Kier molecular flexibility index (Phi) is 2.20. The third-order valence-electron chi connectivity index (χ3n) is 5.91. The molecule has 1 N–H and O–H groups in total. The van der Waals surface area contributed by atoms with Crippen molar-refractivity contribution in [3.8, 4) is 0 Å². The fourth-order valence-electron chi connectivity index (χ4n) is 5.11. The van der Waals surface area contributed by atoms with Crippen molar-refractivity contribution in [1.29, 1.82) is 0 Å². The first-order chi connectivity index (χ1) is 8.65. The standard InChI is InChI=1S/C15H22N2O/c1-17-3-2-16-14(17)9-15(18)12-5-10-4-11(7-12)8-13(15)6-10/h2-3,10-13,18H,4-9H2,1H3. The van der Waals surface area contributed by atoms with Gasteiger partial charge in [0.25, 0.3) is 0 Å². The molecule has 0 aliphatic heterocycles. The minimum Gasteiger partial charge on any atom is -0.389 e. The van der Waals surface area contributed by atoms with Gasteiger partial charge in [0.15, 0.2) is 0 Å². The molecule has 0 atom stereocenters. The van der Waals surface area contributed by atoms with E-state index in [0.717, 1.165) is 24.1 Å². The molecule has 0 radical (unpaired) electrons. The average molecular weight is 246 g/mol. The van der Waals surface area contributed by atoms with Gasteiger partial charge in [0.1, 0.15) is 5.82 Å². The predicted molar refractivity (Wildman–Crippen MR) is 68.9 cm³/mol. The van der Waals surface area contributed by atoms with Crippen LogP contribution in [0.25, 0.3) is 0 Å². The molecule has 3 heteroatoms. The van der Waals surface area contributed by atoms with E-state index >= 15 is 0 Å². The van der Waals surface area contributed by atoms with Crippen LogP contribution in [0.2, 0.25) is 0 Å². The summed E-state index contributed by atoms with van der Waals surface area (Å²) in [5.74, 6) is 3.93. The first kappa shape index (κ1) is 11.0. The van der Waals surface area contributed by atoms with Gasteiger partial charge < -0.3 is 9.67 Å². The van der Waals surface area contributed by atoms with Gasteiger partial charge in [-0.15, -0.1) is 0 Å². The van der Waals surface area contributed by atoms with Crippen LogP contribution in [0.3, 0.4) is 0 Å². The summed E-state index contributed by atoms with van der Waals surface area (Å²) >= 11 is 0. The first-order valence-corrected chi connectivity index (χ1v) is 7.33. The fraction of sp³-hybridized carbons (Fsp3) is 0.800. The minimum absolute atomic E-state index is 0.466. The van der Waals surface area contributed by atoms with E-state index in [9.17, 15) is 5.11 Å². The number of aliphatic hydroxyl groups is 1. The Morgan fingerprint density at radius 1 is 1.22 bits per heavy atom. The molecule has 4 aliphatic carbocycles. The average Bonchev–Trinajstić information content (AvgIpc) is 2.71. The van der Waals surface area contributed by atoms with Crippen LogP contribution in [0.4, 0.5) is 0 Å².